The number of sulfonamides is 1. The molecule has 3 aromatic carbocycles. The summed E-state index contributed by atoms with van der Waals surface area (Å²) >= 11 is 5.85. The van der Waals surface area contributed by atoms with Gasteiger partial charge in [0, 0.05) is 23.2 Å². The van der Waals surface area contributed by atoms with Crippen molar-refractivity contribution in [1.29, 1.82) is 0 Å². The van der Waals surface area contributed by atoms with E-state index in [4.69, 9.17) is 21.1 Å². The molecule has 0 heterocycles. The summed E-state index contributed by atoms with van der Waals surface area (Å²) in [6.07, 6.45) is 0. The molecule has 0 radical (unpaired) electrons. The minimum atomic E-state index is -3.76. The lowest BCUT2D eigenvalue weighted by atomic mass is 10.1. The molecule has 1 atom stereocenters. The number of nitrogens with zero attached hydrogens (tertiary/aromatic N) is 1. The monoisotopic (exact) mass is 488 g/mol. The number of amides is 1. The zero-order valence-corrected chi connectivity index (χ0v) is 20.3. The van der Waals surface area contributed by atoms with Gasteiger partial charge in [-0.3, -0.25) is 9.10 Å². The summed E-state index contributed by atoms with van der Waals surface area (Å²) in [4.78, 5) is 12.9. The van der Waals surface area contributed by atoms with Crippen molar-refractivity contribution in [2.45, 2.75) is 17.9 Å². The number of benzene rings is 3. The summed E-state index contributed by atoms with van der Waals surface area (Å²) in [7, 11) is 0.824. The van der Waals surface area contributed by atoms with Crippen LogP contribution in [0.2, 0.25) is 5.02 Å². The highest BCUT2D eigenvalue weighted by atomic mass is 35.5. The minimum Gasteiger partial charge on any atom is -0.497 e. The van der Waals surface area contributed by atoms with Crippen molar-refractivity contribution in [1.82, 2.24) is 5.32 Å². The van der Waals surface area contributed by atoms with Crippen LogP contribution < -0.4 is 19.1 Å². The van der Waals surface area contributed by atoms with Crippen LogP contribution in [-0.2, 0) is 10.0 Å². The SMILES string of the molecule is COc1ccc(OC)c(C(C)NC(=O)c2ccc(N(C)S(=O)(=O)c3ccc(Cl)cc3)cc2)c1. The van der Waals surface area contributed by atoms with Crippen LogP contribution in [0.3, 0.4) is 0 Å². The summed E-state index contributed by atoms with van der Waals surface area (Å²) in [5.74, 6) is 0.983. The number of hydrogen-bond donors (Lipinski definition) is 1. The van der Waals surface area contributed by atoms with Crippen LogP contribution in [0.4, 0.5) is 5.69 Å². The Hall–Kier alpha value is -3.23. The molecule has 9 heteroatoms. The summed E-state index contributed by atoms with van der Waals surface area (Å²) in [5, 5.41) is 3.38. The zero-order chi connectivity index (χ0) is 24.2. The van der Waals surface area contributed by atoms with Crippen molar-refractivity contribution < 1.29 is 22.7 Å². The average Bonchev–Trinajstić information content (AvgIpc) is 2.83. The van der Waals surface area contributed by atoms with Crippen molar-refractivity contribution in [3.8, 4) is 11.5 Å². The number of nitrogens with one attached hydrogen (secondary N) is 1. The first-order valence-corrected chi connectivity index (χ1v) is 11.9. The Balaban J connectivity index is 1.76. The maximum Gasteiger partial charge on any atom is 0.264 e. The standard InChI is InChI=1S/C24H25ClN2O5S/c1-16(22-15-20(31-3)11-14-23(22)32-4)26-24(28)17-5-9-19(10-6-17)27(2)33(29,30)21-12-7-18(25)8-13-21/h5-16H,1-4H3,(H,26,28). The number of carbonyl (C=O) groups excluding carboxylic acids is 1. The summed E-state index contributed by atoms with van der Waals surface area (Å²) in [6.45, 7) is 1.84. The number of hydrogen-bond acceptors (Lipinski definition) is 5. The molecule has 174 valence electrons. The van der Waals surface area contributed by atoms with E-state index < -0.39 is 10.0 Å². The fourth-order valence-corrected chi connectivity index (χ4v) is 4.58. The van der Waals surface area contributed by atoms with Crippen molar-refractivity contribution in [2.24, 2.45) is 0 Å². The van der Waals surface area contributed by atoms with Crippen LogP contribution >= 0.6 is 11.6 Å². The second kappa shape index (κ2) is 10.1. The molecule has 7 nitrogen and oxygen atoms in total. The van der Waals surface area contributed by atoms with Crippen molar-refractivity contribution in [2.75, 3.05) is 25.6 Å². The number of methoxy groups -OCH3 is 2. The molecule has 0 fully saturated rings. The largest absolute Gasteiger partial charge is 0.497 e. The highest BCUT2D eigenvalue weighted by Crippen LogP contribution is 2.29. The molecule has 1 unspecified atom stereocenters. The van der Waals surface area contributed by atoms with E-state index in [9.17, 15) is 13.2 Å². The molecular weight excluding hydrogens is 464 g/mol. The molecule has 0 spiro atoms. The maximum absolute atomic E-state index is 12.9. The number of anilines is 1. The fourth-order valence-electron chi connectivity index (χ4n) is 3.26. The van der Waals surface area contributed by atoms with Gasteiger partial charge in [-0.25, -0.2) is 8.42 Å². The second-order valence-electron chi connectivity index (χ2n) is 7.28. The Morgan fingerprint density at radius 2 is 1.61 bits per heavy atom. The molecule has 3 aromatic rings. The van der Waals surface area contributed by atoms with Crippen LogP contribution in [0.1, 0.15) is 28.9 Å². The molecule has 1 N–H and O–H groups in total. The summed E-state index contributed by atoms with van der Waals surface area (Å²) in [6, 6.07) is 17.3. The zero-order valence-electron chi connectivity index (χ0n) is 18.7. The Morgan fingerprint density at radius 1 is 0.970 bits per heavy atom. The van der Waals surface area contributed by atoms with Gasteiger partial charge < -0.3 is 14.8 Å². The predicted molar refractivity (Wildman–Crippen MR) is 129 cm³/mol. The first kappa shape index (κ1) is 24.4. The summed E-state index contributed by atoms with van der Waals surface area (Å²) in [5.41, 5.74) is 1.59. The van der Waals surface area contributed by atoms with E-state index in [2.05, 4.69) is 5.32 Å². The molecule has 0 saturated heterocycles. The molecule has 0 aromatic heterocycles. The van der Waals surface area contributed by atoms with E-state index in [-0.39, 0.29) is 16.8 Å². The third kappa shape index (κ3) is 5.40. The smallest absolute Gasteiger partial charge is 0.264 e. The van der Waals surface area contributed by atoms with E-state index in [1.165, 1.54) is 31.3 Å². The summed E-state index contributed by atoms with van der Waals surface area (Å²) < 4.78 is 37.5. The minimum absolute atomic E-state index is 0.122. The normalized spacial score (nSPS) is 12.0. The predicted octanol–water partition coefficient (Wildman–Crippen LogP) is 4.67. The van der Waals surface area contributed by atoms with Crippen LogP contribution in [0.25, 0.3) is 0 Å². The number of rotatable bonds is 8. The van der Waals surface area contributed by atoms with Gasteiger partial charge in [0.1, 0.15) is 11.5 Å². The Kier molecular flexibility index (Phi) is 7.50. The Morgan fingerprint density at radius 3 is 2.18 bits per heavy atom. The van der Waals surface area contributed by atoms with Crippen LogP contribution in [0.5, 0.6) is 11.5 Å². The van der Waals surface area contributed by atoms with Gasteiger partial charge in [0.05, 0.1) is 30.8 Å². The van der Waals surface area contributed by atoms with Crippen molar-refractivity contribution in [3.05, 3.63) is 82.9 Å². The molecule has 0 saturated carbocycles. The molecule has 3 rings (SSSR count). The lowest BCUT2D eigenvalue weighted by Crippen LogP contribution is -2.28. The quantitative estimate of drug-likeness (QED) is 0.498. The van der Waals surface area contributed by atoms with Gasteiger partial charge in [0.2, 0.25) is 0 Å². The van der Waals surface area contributed by atoms with Gasteiger partial charge in [0.25, 0.3) is 15.9 Å². The second-order valence-corrected chi connectivity index (χ2v) is 9.68. The molecule has 33 heavy (non-hydrogen) atoms. The van der Waals surface area contributed by atoms with Gasteiger partial charge in [-0.2, -0.15) is 0 Å². The molecule has 1 amide bonds. The van der Waals surface area contributed by atoms with Crippen LogP contribution in [0.15, 0.2) is 71.6 Å². The first-order chi connectivity index (χ1) is 15.7. The van der Waals surface area contributed by atoms with Gasteiger partial charge in [-0.05, 0) is 73.7 Å². The molecular formula is C24H25ClN2O5S. The number of ether oxygens (including phenoxy) is 2. The van der Waals surface area contributed by atoms with Crippen molar-refractivity contribution in [3.63, 3.8) is 0 Å². The van der Waals surface area contributed by atoms with E-state index in [1.807, 2.05) is 13.0 Å². The first-order valence-electron chi connectivity index (χ1n) is 10.0. The number of carbonyl (C=O) groups is 1. The lowest BCUT2D eigenvalue weighted by molar-refractivity contribution is 0.0939. The van der Waals surface area contributed by atoms with Gasteiger partial charge in [-0.1, -0.05) is 11.6 Å². The molecule has 0 aliphatic rings. The van der Waals surface area contributed by atoms with Crippen LogP contribution in [0, 0.1) is 0 Å². The molecule has 0 aliphatic carbocycles. The van der Waals surface area contributed by atoms with E-state index >= 15 is 0 Å². The third-order valence-corrected chi connectivity index (χ3v) is 7.27. The lowest BCUT2D eigenvalue weighted by Gasteiger charge is -2.20. The van der Waals surface area contributed by atoms with Crippen LogP contribution in [-0.4, -0.2) is 35.6 Å². The highest BCUT2D eigenvalue weighted by Gasteiger charge is 2.22. The van der Waals surface area contributed by atoms with E-state index in [0.717, 1.165) is 9.87 Å². The van der Waals surface area contributed by atoms with Crippen molar-refractivity contribution >= 4 is 33.2 Å². The molecule has 0 bridgehead atoms. The van der Waals surface area contributed by atoms with Gasteiger partial charge in [-0.15, -0.1) is 0 Å². The van der Waals surface area contributed by atoms with E-state index in [0.29, 0.717) is 27.8 Å². The third-order valence-electron chi connectivity index (χ3n) is 5.22. The average molecular weight is 489 g/mol. The van der Waals surface area contributed by atoms with Gasteiger partial charge in [0.15, 0.2) is 0 Å². The fraction of sp³-hybridized carbons (Fsp3) is 0.208. The maximum atomic E-state index is 12.9. The van der Waals surface area contributed by atoms with Gasteiger partial charge >= 0.3 is 0 Å². The molecule has 0 aliphatic heterocycles. The van der Waals surface area contributed by atoms with E-state index in [1.54, 1.807) is 50.6 Å². The Labute approximate surface area is 198 Å². The topological polar surface area (TPSA) is 84.9 Å². The highest BCUT2D eigenvalue weighted by molar-refractivity contribution is 7.92. The number of halogens is 1. The Bertz CT molecular complexity index is 1230.